The second-order valence-electron chi connectivity index (χ2n) is 4.98. The van der Waals surface area contributed by atoms with Crippen molar-refractivity contribution in [3.63, 3.8) is 0 Å². The van der Waals surface area contributed by atoms with E-state index in [1.807, 2.05) is 0 Å². The molecule has 0 radical (unpaired) electrons. The van der Waals surface area contributed by atoms with Gasteiger partial charge in [0.15, 0.2) is 6.61 Å². The molecule has 1 aromatic carbocycles. The van der Waals surface area contributed by atoms with Gasteiger partial charge in [0.25, 0.3) is 5.91 Å². The van der Waals surface area contributed by atoms with Gasteiger partial charge in [0.1, 0.15) is 10.7 Å². The molecule has 0 aliphatic rings. The monoisotopic (exact) mass is 398 g/mol. The Labute approximate surface area is 157 Å². The molecule has 1 heterocycles. The summed E-state index contributed by atoms with van der Waals surface area (Å²) in [4.78, 5) is 33.2. The van der Waals surface area contributed by atoms with E-state index in [9.17, 15) is 19.7 Å². The summed E-state index contributed by atoms with van der Waals surface area (Å²) in [5.74, 6) is -1.82. The summed E-state index contributed by atoms with van der Waals surface area (Å²) in [6.07, 6.45) is 2.16. The summed E-state index contributed by atoms with van der Waals surface area (Å²) in [6.45, 7) is 1.18. The summed E-state index contributed by atoms with van der Waals surface area (Å²) in [5, 5.41) is 13.5. The number of amides is 1. The predicted molar refractivity (Wildman–Crippen MR) is 95.2 cm³/mol. The topological polar surface area (TPSA) is 112 Å². The Hall–Kier alpha value is -2.84. The smallest absolute Gasteiger partial charge is 0.433 e. The van der Waals surface area contributed by atoms with E-state index in [2.05, 4.69) is 5.32 Å². The van der Waals surface area contributed by atoms with E-state index >= 15 is 0 Å². The second kappa shape index (κ2) is 8.50. The molecule has 10 heteroatoms. The van der Waals surface area contributed by atoms with Crippen LogP contribution in [0.3, 0.4) is 0 Å². The highest BCUT2D eigenvalue weighted by Crippen LogP contribution is 2.32. The molecular weight excluding hydrogens is 387 g/mol. The number of hydrogen-bond acceptors (Lipinski definition) is 6. The summed E-state index contributed by atoms with van der Waals surface area (Å²) in [6, 6.07) is 5.74. The van der Waals surface area contributed by atoms with Crippen molar-refractivity contribution >= 4 is 52.7 Å². The predicted octanol–water partition coefficient (Wildman–Crippen LogP) is 4.00. The van der Waals surface area contributed by atoms with Crippen molar-refractivity contribution in [3.05, 3.63) is 61.8 Å². The van der Waals surface area contributed by atoms with Crippen LogP contribution in [0, 0.1) is 17.0 Å². The molecule has 2 aromatic rings. The number of furan rings is 1. The molecule has 0 unspecified atom stereocenters. The molecule has 0 bridgehead atoms. The number of carbonyl (C=O) groups excluding carboxylic acids is 2. The van der Waals surface area contributed by atoms with Gasteiger partial charge >= 0.3 is 11.9 Å². The first kappa shape index (κ1) is 19.5. The van der Waals surface area contributed by atoms with Crippen LogP contribution in [0.2, 0.25) is 10.0 Å². The van der Waals surface area contributed by atoms with Crippen LogP contribution in [-0.4, -0.2) is 23.4 Å². The third-order valence-corrected chi connectivity index (χ3v) is 3.87. The lowest BCUT2D eigenvalue weighted by Gasteiger charge is -2.11. The lowest BCUT2D eigenvalue weighted by atomic mass is 10.2. The number of rotatable bonds is 6. The summed E-state index contributed by atoms with van der Waals surface area (Å²) < 4.78 is 9.60. The van der Waals surface area contributed by atoms with E-state index in [1.165, 1.54) is 12.1 Å². The van der Waals surface area contributed by atoms with Gasteiger partial charge in [-0.15, -0.1) is 0 Å². The van der Waals surface area contributed by atoms with Gasteiger partial charge in [0, 0.05) is 6.08 Å². The van der Waals surface area contributed by atoms with Crippen LogP contribution in [0.25, 0.3) is 6.08 Å². The van der Waals surface area contributed by atoms with Crippen molar-refractivity contribution in [2.24, 2.45) is 0 Å². The number of halogens is 2. The Morgan fingerprint density at radius 2 is 2.04 bits per heavy atom. The Morgan fingerprint density at radius 1 is 1.31 bits per heavy atom. The zero-order valence-corrected chi connectivity index (χ0v) is 14.8. The number of nitrogens with one attached hydrogen (secondary N) is 1. The molecule has 2 rings (SSSR count). The van der Waals surface area contributed by atoms with Gasteiger partial charge in [0.05, 0.1) is 21.8 Å². The van der Waals surface area contributed by atoms with Gasteiger partial charge in [-0.05, 0) is 30.7 Å². The molecule has 8 nitrogen and oxygen atoms in total. The minimum atomic E-state index is -0.833. The third kappa shape index (κ3) is 5.08. The number of nitro groups is 1. The Kier molecular flexibility index (Phi) is 6.37. The van der Waals surface area contributed by atoms with Gasteiger partial charge in [-0.2, -0.15) is 0 Å². The number of ether oxygens (including phenoxy) is 1. The number of esters is 1. The molecule has 1 N–H and O–H groups in total. The van der Waals surface area contributed by atoms with Crippen LogP contribution >= 0.6 is 23.2 Å². The van der Waals surface area contributed by atoms with Crippen molar-refractivity contribution in [1.29, 1.82) is 0 Å². The first-order valence-electron chi connectivity index (χ1n) is 7.11. The number of aryl methyl sites for hydroxylation is 1. The van der Waals surface area contributed by atoms with Crippen LogP contribution in [0.15, 0.2) is 34.8 Å². The lowest BCUT2D eigenvalue weighted by Crippen LogP contribution is -2.20. The number of anilines is 1. The van der Waals surface area contributed by atoms with Crippen molar-refractivity contribution in [1.82, 2.24) is 0 Å². The molecule has 0 aliphatic heterocycles. The van der Waals surface area contributed by atoms with Gasteiger partial charge in [-0.1, -0.05) is 29.3 Å². The van der Waals surface area contributed by atoms with Crippen LogP contribution in [0.5, 0.6) is 0 Å². The van der Waals surface area contributed by atoms with Crippen molar-refractivity contribution in [3.8, 4) is 0 Å². The highest BCUT2D eigenvalue weighted by molar-refractivity contribution is 6.40. The lowest BCUT2D eigenvalue weighted by molar-refractivity contribution is -0.402. The zero-order valence-electron chi connectivity index (χ0n) is 13.3. The SMILES string of the molecule is Cc1ccc(Cl)c(NC(=O)COC(=O)/C=C/c2ccc([N+](=O)[O-])o2)c1Cl. The maximum atomic E-state index is 11.9. The van der Waals surface area contributed by atoms with E-state index in [-0.39, 0.29) is 21.5 Å². The maximum Gasteiger partial charge on any atom is 0.433 e. The van der Waals surface area contributed by atoms with Crippen LogP contribution in [0.4, 0.5) is 11.6 Å². The van der Waals surface area contributed by atoms with Crippen LogP contribution in [-0.2, 0) is 14.3 Å². The highest BCUT2D eigenvalue weighted by Gasteiger charge is 2.13. The zero-order chi connectivity index (χ0) is 19.3. The molecular formula is C16H12Cl2N2O6. The first-order chi connectivity index (χ1) is 12.3. The quantitative estimate of drug-likeness (QED) is 0.340. The standard InChI is InChI=1S/C16H12Cl2N2O6/c1-9-2-5-11(17)16(15(9)18)19-12(21)8-25-14(22)7-4-10-3-6-13(26-10)20(23)24/h2-7H,8H2,1H3,(H,19,21)/b7-4+. The molecule has 26 heavy (non-hydrogen) atoms. The number of benzene rings is 1. The number of hydrogen-bond donors (Lipinski definition) is 1. The molecule has 0 saturated heterocycles. The van der Waals surface area contributed by atoms with E-state index in [0.29, 0.717) is 0 Å². The van der Waals surface area contributed by atoms with Crippen LogP contribution in [0.1, 0.15) is 11.3 Å². The molecule has 1 amide bonds. The van der Waals surface area contributed by atoms with Gasteiger partial charge in [0.2, 0.25) is 0 Å². The highest BCUT2D eigenvalue weighted by atomic mass is 35.5. The van der Waals surface area contributed by atoms with E-state index in [1.54, 1.807) is 19.1 Å². The van der Waals surface area contributed by atoms with E-state index in [0.717, 1.165) is 17.7 Å². The fourth-order valence-corrected chi connectivity index (χ4v) is 2.28. The fraction of sp³-hybridized carbons (Fsp3) is 0.125. The second-order valence-corrected chi connectivity index (χ2v) is 5.76. The minimum Gasteiger partial charge on any atom is -0.452 e. The van der Waals surface area contributed by atoms with Gasteiger partial charge in [-0.3, -0.25) is 14.9 Å². The number of nitrogens with zero attached hydrogens (tertiary/aromatic N) is 1. The van der Waals surface area contributed by atoms with E-state index in [4.69, 9.17) is 32.4 Å². The summed E-state index contributed by atoms with van der Waals surface area (Å²) in [5.41, 5.74) is 0.951. The fourth-order valence-electron chi connectivity index (χ4n) is 1.81. The Balaban J connectivity index is 1.89. The number of carbonyl (C=O) groups is 2. The average molecular weight is 399 g/mol. The van der Waals surface area contributed by atoms with Crippen molar-refractivity contribution < 1.29 is 23.7 Å². The third-order valence-electron chi connectivity index (χ3n) is 3.07. The molecule has 136 valence electrons. The minimum absolute atomic E-state index is 0.0939. The summed E-state index contributed by atoms with van der Waals surface area (Å²) >= 11 is 12.0. The molecule has 1 aromatic heterocycles. The average Bonchev–Trinajstić information content (AvgIpc) is 3.08. The van der Waals surface area contributed by atoms with Crippen LogP contribution < -0.4 is 5.32 Å². The van der Waals surface area contributed by atoms with Crippen molar-refractivity contribution in [2.75, 3.05) is 11.9 Å². The molecule has 0 aliphatic carbocycles. The van der Waals surface area contributed by atoms with Gasteiger partial charge < -0.3 is 14.5 Å². The summed E-state index contributed by atoms with van der Waals surface area (Å²) in [7, 11) is 0. The largest absolute Gasteiger partial charge is 0.452 e. The maximum absolute atomic E-state index is 11.9. The Bertz CT molecular complexity index is 891. The van der Waals surface area contributed by atoms with Crippen molar-refractivity contribution in [2.45, 2.75) is 6.92 Å². The molecule has 0 atom stereocenters. The van der Waals surface area contributed by atoms with E-state index < -0.39 is 29.3 Å². The molecule has 0 fully saturated rings. The first-order valence-corrected chi connectivity index (χ1v) is 7.87. The normalized spacial score (nSPS) is 10.7. The van der Waals surface area contributed by atoms with Gasteiger partial charge in [-0.25, -0.2) is 4.79 Å². The Morgan fingerprint density at radius 3 is 2.69 bits per heavy atom. The molecule has 0 saturated carbocycles. The molecule has 0 spiro atoms.